The number of H-pyrrole nitrogens is 1. The molecule has 0 amide bonds. The summed E-state index contributed by atoms with van der Waals surface area (Å²) in [5.41, 5.74) is 3.06. The molecule has 0 atom stereocenters. The van der Waals surface area contributed by atoms with E-state index in [2.05, 4.69) is 4.98 Å². The van der Waals surface area contributed by atoms with E-state index in [1.54, 1.807) is 18.2 Å². The van der Waals surface area contributed by atoms with Gasteiger partial charge in [-0.2, -0.15) is 0 Å². The number of nitro groups is 1. The quantitative estimate of drug-likeness (QED) is 0.429. The number of nitrogens with one attached hydrogen (secondary N) is 1. The van der Waals surface area contributed by atoms with Gasteiger partial charge in [0, 0.05) is 28.6 Å². The van der Waals surface area contributed by atoms with Crippen molar-refractivity contribution in [1.82, 2.24) is 4.98 Å². The van der Waals surface area contributed by atoms with Crippen LogP contribution in [0.15, 0.2) is 42.5 Å². The van der Waals surface area contributed by atoms with Crippen molar-refractivity contribution in [2.75, 3.05) is 6.61 Å². The standard InChI is InChI=1S/C18H16N2O4/c1-3-24-18-17(12-4-7-14(8-5-12)20(22)23)15-10-13(11(2)21)6-9-16(15)19-18/h4-10,19H,3H2,1-2H3. The molecule has 1 heterocycles. The van der Waals surface area contributed by atoms with E-state index in [9.17, 15) is 14.9 Å². The van der Waals surface area contributed by atoms with Crippen LogP contribution < -0.4 is 4.74 Å². The fraction of sp³-hybridized carbons (Fsp3) is 0.167. The molecule has 0 aliphatic heterocycles. The van der Waals surface area contributed by atoms with Crippen molar-refractivity contribution >= 4 is 22.4 Å². The maximum absolute atomic E-state index is 11.7. The predicted molar refractivity (Wildman–Crippen MR) is 91.6 cm³/mol. The third kappa shape index (κ3) is 2.74. The number of nitro benzene ring substituents is 1. The molecule has 0 aliphatic carbocycles. The number of rotatable bonds is 5. The number of non-ortho nitro benzene ring substituents is 1. The van der Waals surface area contributed by atoms with Gasteiger partial charge in [0.15, 0.2) is 11.7 Å². The van der Waals surface area contributed by atoms with Crippen LogP contribution in [0.5, 0.6) is 5.88 Å². The van der Waals surface area contributed by atoms with Gasteiger partial charge in [-0.1, -0.05) is 0 Å². The van der Waals surface area contributed by atoms with Crippen LogP contribution in [0.1, 0.15) is 24.2 Å². The zero-order chi connectivity index (χ0) is 17.3. The van der Waals surface area contributed by atoms with Crippen LogP contribution in [0.2, 0.25) is 0 Å². The van der Waals surface area contributed by atoms with Gasteiger partial charge < -0.3 is 9.72 Å². The average molecular weight is 324 g/mol. The molecule has 122 valence electrons. The lowest BCUT2D eigenvalue weighted by atomic mass is 10.0. The van der Waals surface area contributed by atoms with Crippen LogP contribution in [0.4, 0.5) is 5.69 Å². The maximum atomic E-state index is 11.7. The molecular formula is C18H16N2O4. The summed E-state index contributed by atoms with van der Waals surface area (Å²) in [5, 5.41) is 11.7. The number of hydrogen-bond donors (Lipinski definition) is 1. The van der Waals surface area contributed by atoms with E-state index < -0.39 is 4.92 Å². The summed E-state index contributed by atoms with van der Waals surface area (Å²) in [7, 11) is 0. The number of nitrogens with zero attached hydrogens (tertiary/aromatic N) is 1. The molecule has 0 unspecified atom stereocenters. The summed E-state index contributed by atoms with van der Waals surface area (Å²) in [4.78, 5) is 25.3. The number of fused-ring (bicyclic) bond motifs is 1. The van der Waals surface area contributed by atoms with E-state index in [4.69, 9.17) is 4.74 Å². The molecule has 3 rings (SSSR count). The van der Waals surface area contributed by atoms with E-state index >= 15 is 0 Å². The Morgan fingerprint density at radius 3 is 2.50 bits per heavy atom. The van der Waals surface area contributed by atoms with Gasteiger partial charge in [-0.25, -0.2) is 0 Å². The van der Waals surface area contributed by atoms with E-state index in [1.165, 1.54) is 19.1 Å². The van der Waals surface area contributed by atoms with Crippen LogP contribution >= 0.6 is 0 Å². The third-order valence-electron chi connectivity index (χ3n) is 3.83. The minimum atomic E-state index is -0.434. The minimum Gasteiger partial charge on any atom is -0.479 e. The topological polar surface area (TPSA) is 85.2 Å². The average Bonchev–Trinajstić information content (AvgIpc) is 2.92. The highest BCUT2D eigenvalue weighted by molar-refractivity contribution is 6.04. The molecule has 0 saturated heterocycles. The van der Waals surface area contributed by atoms with E-state index in [-0.39, 0.29) is 11.5 Å². The Morgan fingerprint density at radius 1 is 1.21 bits per heavy atom. The molecule has 0 aliphatic rings. The van der Waals surface area contributed by atoms with Gasteiger partial charge in [0.1, 0.15) is 0 Å². The van der Waals surface area contributed by atoms with Gasteiger partial charge in [-0.15, -0.1) is 0 Å². The molecule has 0 spiro atoms. The summed E-state index contributed by atoms with van der Waals surface area (Å²) in [6, 6.07) is 11.7. The molecule has 0 radical (unpaired) electrons. The number of carbonyl (C=O) groups is 1. The van der Waals surface area contributed by atoms with Gasteiger partial charge in [-0.3, -0.25) is 14.9 Å². The second-order valence-electron chi connectivity index (χ2n) is 5.38. The van der Waals surface area contributed by atoms with Crippen molar-refractivity contribution < 1.29 is 14.5 Å². The van der Waals surface area contributed by atoms with Crippen molar-refractivity contribution in [2.24, 2.45) is 0 Å². The lowest BCUT2D eigenvalue weighted by Gasteiger charge is -2.06. The van der Waals surface area contributed by atoms with Gasteiger partial charge in [-0.05, 0) is 49.7 Å². The molecular weight excluding hydrogens is 308 g/mol. The summed E-state index contributed by atoms with van der Waals surface area (Å²) in [6.45, 7) is 3.88. The highest BCUT2D eigenvalue weighted by Gasteiger charge is 2.17. The molecule has 1 aromatic heterocycles. The van der Waals surface area contributed by atoms with Crippen LogP contribution in [0, 0.1) is 10.1 Å². The number of carbonyl (C=O) groups excluding carboxylic acids is 1. The first-order valence-electron chi connectivity index (χ1n) is 7.55. The maximum Gasteiger partial charge on any atom is 0.269 e. The lowest BCUT2D eigenvalue weighted by molar-refractivity contribution is -0.384. The Kier molecular flexibility index (Phi) is 4.04. The van der Waals surface area contributed by atoms with Crippen LogP contribution in [0.3, 0.4) is 0 Å². The van der Waals surface area contributed by atoms with Crippen LogP contribution in [-0.2, 0) is 0 Å². The highest BCUT2D eigenvalue weighted by Crippen LogP contribution is 2.38. The van der Waals surface area contributed by atoms with Crippen molar-refractivity contribution in [3.63, 3.8) is 0 Å². The molecule has 3 aromatic rings. The van der Waals surface area contributed by atoms with Gasteiger partial charge in [0.25, 0.3) is 5.69 Å². The van der Waals surface area contributed by atoms with Crippen molar-refractivity contribution in [1.29, 1.82) is 0 Å². The number of aromatic nitrogens is 1. The Balaban J connectivity index is 2.22. The molecule has 2 aromatic carbocycles. The van der Waals surface area contributed by atoms with Crippen molar-refractivity contribution in [3.8, 4) is 17.0 Å². The largest absolute Gasteiger partial charge is 0.479 e. The normalized spacial score (nSPS) is 10.8. The Bertz CT molecular complexity index is 926. The zero-order valence-corrected chi connectivity index (χ0v) is 13.3. The lowest BCUT2D eigenvalue weighted by Crippen LogP contribution is -1.93. The number of Topliss-reactive ketones (excluding diaryl/α,β-unsaturated/α-hetero) is 1. The molecule has 0 saturated carbocycles. The number of benzene rings is 2. The summed E-state index contributed by atoms with van der Waals surface area (Å²) in [6.07, 6.45) is 0. The van der Waals surface area contributed by atoms with Gasteiger partial charge in [0.05, 0.1) is 17.1 Å². The second kappa shape index (κ2) is 6.16. The highest BCUT2D eigenvalue weighted by atomic mass is 16.6. The van der Waals surface area contributed by atoms with Crippen LogP contribution in [-0.4, -0.2) is 22.3 Å². The fourth-order valence-corrected chi connectivity index (χ4v) is 2.68. The number of ketones is 1. The van der Waals surface area contributed by atoms with Crippen molar-refractivity contribution in [3.05, 3.63) is 58.1 Å². The fourth-order valence-electron chi connectivity index (χ4n) is 2.68. The summed E-state index contributed by atoms with van der Waals surface area (Å²) >= 11 is 0. The van der Waals surface area contributed by atoms with Crippen LogP contribution in [0.25, 0.3) is 22.0 Å². The molecule has 6 heteroatoms. The first-order chi connectivity index (χ1) is 11.5. The molecule has 0 fully saturated rings. The Hall–Kier alpha value is -3.15. The number of aromatic amines is 1. The second-order valence-corrected chi connectivity index (χ2v) is 5.38. The van der Waals surface area contributed by atoms with Crippen molar-refractivity contribution in [2.45, 2.75) is 13.8 Å². The number of hydrogen-bond acceptors (Lipinski definition) is 4. The number of ether oxygens (including phenoxy) is 1. The summed E-state index contributed by atoms with van der Waals surface area (Å²) in [5.74, 6) is 0.563. The van der Waals surface area contributed by atoms with Gasteiger partial charge in [0.2, 0.25) is 0 Å². The smallest absolute Gasteiger partial charge is 0.269 e. The van der Waals surface area contributed by atoms with E-state index in [0.717, 1.165) is 22.0 Å². The monoisotopic (exact) mass is 324 g/mol. The third-order valence-corrected chi connectivity index (χ3v) is 3.83. The molecule has 0 bridgehead atoms. The Morgan fingerprint density at radius 2 is 1.92 bits per heavy atom. The zero-order valence-electron chi connectivity index (χ0n) is 13.3. The first kappa shape index (κ1) is 15.7. The van der Waals surface area contributed by atoms with Gasteiger partial charge >= 0.3 is 0 Å². The van der Waals surface area contributed by atoms with E-state index in [1.807, 2.05) is 19.1 Å². The minimum absolute atomic E-state index is 0.0225. The SMILES string of the molecule is CCOc1[nH]c2ccc(C(C)=O)cc2c1-c1ccc([N+](=O)[O-])cc1. The predicted octanol–water partition coefficient (Wildman–Crippen LogP) is 4.34. The molecule has 1 N–H and O–H groups in total. The Labute approximate surface area is 138 Å². The molecule has 6 nitrogen and oxygen atoms in total. The van der Waals surface area contributed by atoms with E-state index in [0.29, 0.717) is 18.1 Å². The summed E-state index contributed by atoms with van der Waals surface area (Å²) < 4.78 is 5.68. The molecule has 24 heavy (non-hydrogen) atoms. The first-order valence-corrected chi connectivity index (χ1v) is 7.55.